The van der Waals surface area contributed by atoms with Crippen molar-refractivity contribution in [1.29, 1.82) is 0 Å². The van der Waals surface area contributed by atoms with Crippen LogP contribution in [0.2, 0.25) is 0 Å². The van der Waals surface area contributed by atoms with Gasteiger partial charge in [-0.1, -0.05) is 24.8 Å². The van der Waals surface area contributed by atoms with Crippen LogP contribution < -0.4 is 4.74 Å². The Bertz CT molecular complexity index is 366. The summed E-state index contributed by atoms with van der Waals surface area (Å²) in [5.41, 5.74) is 0.142. The largest absolute Gasteiger partial charge is 0.478 e. The van der Waals surface area contributed by atoms with Gasteiger partial charge in [0.25, 0.3) is 0 Å². The number of ether oxygens (including phenoxy) is 1. The molecular weight excluding hydrogens is 192 g/mol. The summed E-state index contributed by atoms with van der Waals surface area (Å²) in [5, 5.41) is 8.52. The minimum atomic E-state index is -0.987. The van der Waals surface area contributed by atoms with Gasteiger partial charge in [-0.2, -0.15) is 0 Å². The van der Waals surface area contributed by atoms with Crippen LogP contribution in [0.5, 0.6) is 5.75 Å². The van der Waals surface area contributed by atoms with Gasteiger partial charge in [0.1, 0.15) is 5.75 Å². The van der Waals surface area contributed by atoms with Crippen LogP contribution in [0.1, 0.15) is 6.42 Å². The van der Waals surface area contributed by atoms with Crippen molar-refractivity contribution in [2.24, 2.45) is 0 Å². The maximum absolute atomic E-state index is 10.4. The highest BCUT2D eigenvalue weighted by Gasteiger charge is 1.99. The second kappa shape index (κ2) is 5.65. The van der Waals surface area contributed by atoms with Gasteiger partial charge in [-0.15, -0.1) is 0 Å². The quantitative estimate of drug-likeness (QED) is 0.592. The summed E-state index contributed by atoms with van der Waals surface area (Å²) in [6, 6.07) is 9.24. The molecule has 0 aliphatic carbocycles. The number of carbonyl (C=O) groups is 1. The zero-order valence-electron chi connectivity index (χ0n) is 8.22. The molecule has 0 heterocycles. The molecule has 0 amide bonds. The third-order valence-electron chi connectivity index (χ3n) is 1.71. The Labute approximate surface area is 88.3 Å². The lowest BCUT2D eigenvalue weighted by molar-refractivity contribution is -0.132. The fourth-order valence-electron chi connectivity index (χ4n) is 0.903. The van der Waals surface area contributed by atoms with Crippen LogP contribution in [0.25, 0.3) is 0 Å². The fraction of sp³-hybridized carbons (Fsp3) is 0.0833. The summed E-state index contributed by atoms with van der Waals surface area (Å²) in [6.45, 7) is 3.39. The maximum atomic E-state index is 10.4. The molecule has 1 N–H and O–H groups in total. The third kappa shape index (κ3) is 4.13. The molecule has 0 saturated heterocycles. The zero-order valence-corrected chi connectivity index (χ0v) is 8.22. The van der Waals surface area contributed by atoms with Crippen molar-refractivity contribution in [1.82, 2.24) is 0 Å². The van der Waals surface area contributed by atoms with Crippen molar-refractivity contribution in [2.45, 2.75) is 6.42 Å². The number of rotatable bonds is 5. The molecule has 15 heavy (non-hydrogen) atoms. The summed E-state index contributed by atoms with van der Waals surface area (Å²) < 4.78 is 5.22. The van der Waals surface area contributed by atoms with Crippen LogP contribution in [-0.2, 0) is 4.79 Å². The van der Waals surface area contributed by atoms with E-state index in [1.165, 1.54) is 6.26 Å². The lowest BCUT2D eigenvalue weighted by Crippen LogP contribution is -1.97. The van der Waals surface area contributed by atoms with E-state index in [1.807, 2.05) is 30.3 Å². The Morgan fingerprint density at radius 2 is 2.07 bits per heavy atom. The summed E-state index contributed by atoms with van der Waals surface area (Å²) in [7, 11) is 0. The molecule has 1 aromatic rings. The smallest absolute Gasteiger partial charge is 0.331 e. The first-order valence-corrected chi connectivity index (χ1v) is 4.48. The molecule has 3 heteroatoms. The second-order valence-electron chi connectivity index (χ2n) is 2.92. The Morgan fingerprint density at radius 3 is 2.67 bits per heavy atom. The Hall–Kier alpha value is -2.03. The van der Waals surface area contributed by atoms with E-state index in [-0.39, 0.29) is 12.0 Å². The number of allylic oxidation sites excluding steroid dienone is 1. The Morgan fingerprint density at radius 1 is 1.40 bits per heavy atom. The van der Waals surface area contributed by atoms with Gasteiger partial charge in [0.05, 0.1) is 6.26 Å². The standard InChI is InChI=1S/C12H12O3/c1-10(12(13)14)6-5-9-15-11-7-3-2-4-8-11/h2-5,7-9H,1,6H2,(H,13,14). The van der Waals surface area contributed by atoms with E-state index < -0.39 is 5.97 Å². The Balaban J connectivity index is 2.35. The van der Waals surface area contributed by atoms with E-state index in [9.17, 15) is 4.79 Å². The molecule has 3 nitrogen and oxygen atoms in total. The van der Waals surface area contributed by atoms with Crippen molar-refractivity contribution >= 4 is 5.97 Å². The van der Waals surface area contributed by atoms with Crippen LogP contribution in [0, 0.1) is 0 Å². The van der Waals surface area contributed by atoms with E-state index in [0.717, 1.165) is 5.75 Å². The van der Waals surface area contributed by atoms with Crippen molar-refractivity contribution in [3.8, 4) is 5.75 Å². The number of carboxylic acid groups (broad SMARTS) is 1. The number of hydrogen-bond acceptors (Lipinski definition) is 2. The molecule has 1 aromatic carbocycles. The highest BCUT2D eigenvalue weighted by molar-refractivity contribution is 5.85. The molecule has 0 bridgehead atoms. The van der Waals surface area contributed by atoms with Crippen molar-refractivity contribution < 1.29 is 14.6 Å². The summed E-state index contributed by atoms with van der Waals surface area (Å²) in [4.78, 5) is 10.4. The molecule has 0 aliphatic rings. The van der Waals surface area contributed by atoms with E-state index in [1.54, 1.807) is 6.08 Å². The van der Waals surface area contributed by atoms with Gasteiger partial charge in [-0.3, -0.25) is 0 Å². The van der Waals surface area contributed by atoms with Gasteiger partial charge in [0.15, 0.2) is 0 Å². The SMILES string of the molecule is C=C(CC=COc1ccccc1)C(=O)O. The van der Waals surface area contributed by atoms with Gasteiger partial charge in [-0.05, 0) is 18.2 Å². The first-order chi connectivity index (χ1) is 7.20. The van der Waals surface area contributed by atoms with Crippen molar-refractivity contribution in [3.63, 3.8) is 0 Å². The number of hydrogen-bond donors (Lipinski definition) is 1. The zero-order chi connectivity index (χ0) is 11.1. The predicted octanol–water partition coefficient (Wildman–Crippen LogP) is 2.61. The monoisotopic (exact) mass is 204 g/mol. The fourth-order valence-corrected chi connectivity index (χ4v) is 0.903. The molecule has 0 aliphatic heterocycles. The molecule has 0 fully saturated rings. The Kier molecular flexibility index (Phi) is 4.16. The molecule has 0 atom stereocenters. The number of para-hydroxylation sites is 1. The molecule has 78 valence electrons. The van der Waals surface area contributed by atoms with Crippen LogP contribution in [0.4, 0.5) is 0 Å². The van der Waals surface area contributed by atoms with E-state index in [0.29, 0.717) is 0 Å². The van der Waals surface area contributed by atoms with Gasteiger partial charge in [0, 0.05) is 12.0 Å². The van der Waals surface area contributed by atoms with Crippen LogP contribution in [-0.4, -0.2) is 11.1 Å². The maximum Gasteiger partial charge on any atom is 0.331 e. The average molecular weight is 204 g/mol. The molecule has 0 spiro atoms. The van der Waals surface area contributed by atoms with Gasteiger partial charge in [-0.25, -0.2) is 4.79 Å². The molecule has 1 rings (SSSR count). The van der Waals surface area contributed by atoms with E-state index in [2.05, 4.69) is 6.58 Å². The van der Waals surface area contributed by atoms with E-state index >= 15 is 0 Å². The first kappa shape index (κ1) is 11.0. The summed E-state index contributed by atoms with van der Waals surface area (Å²) in [6.07, 6.45) is 3.36. The van der Waals surface area contributed by atoms with Gasteiger partial charge < -0.3 is 9.84 Å². The normalized spacial score (nSPS) is 10.1. The summed E-state index contributed by atoms with van der Waals surface area (Å²) in [5.74, 6) is -0.269. The number of carboxylic acids is 1. The minimum Gasteiger partial charge on any atom is -0.478 e. The van der Waals surface area contributed by atoms with Crippen LogP contribution in [0.3, 0.4) is 0 Å². The average Bonchev–Trinajstić information content (AvgIpc) is 2.25. The van der Waals surface area contributed by atoms with Gasteiger partial charge in [0.2, 0.25) is 0 Å². The molecule has 0 unspecified atom stereocenters. The number of benzene rings is 1. The number of aliphatic carboxylic acids is 1. The second-order valence-corrected chi connectivity index (χ2v) is 2.92. The highest BCUT2D eigenvalue weighted by atomic mass is 16.5. The molecular formula is C12H12O3. The van der Waals surface area contributed by atoms with Crippen molar-refractivity contribution in [2.75, 3.05) is 0 Å². The van der Waals surface area contributed by atoms with Crippen LogP contribution >= 0.6 is 0 Å². The third-order valence-corrected chi connectivity index (χ3v) is 1.71. The molecule has 0 radical (unpaired) electrons. The van der Waals surface area contributed by atoms with Crippen molar-refractivity contribution in [3.05, 3.63) is 54.8 Å². The summed E-state index contributed by atoms with van der Waals surface area (Å²) >= 11 is 0. The minimum absolute atomic E-state index is 0.142. The van der Waals surface area contributed by atoms with E-state index in [4.69, 9.17) is 9.84 Å². The molecule has 0 aromatic heterocycles. The predicted molar refractivity (Wildman–Crippen MR) is 57.6 cm³/mol. The van der Waals surface area contributed by atoms with Gasteiger partial charge >= 0.3 is 5.97 Å². The molecule has 0 saturated carbocycles. The lowest BCUT2D eigenvalue weighted by atomic mass is 10.2. The lowest BCUT2D eigenvalue weighted by Gasteiger charge is -1.98. The van der Waals surface area contributed by atoms with Crippen LogP contribution in [0.15, 0.2) is 54.8 Å². The highest BCUT2D eigenvalue weighted by Crippen LogP contribution is 2.09. The first-order valence-electron chi connectivity index (χ1n) is 4.48. The topological polar surface area (TPSA) is 46.5 Å².